The number of ether oxygens (including phenoxy) is 1. The molecule has 0 aliphatic carbocycles. The summed E-state index contributed by atoms with van der Waals surface area (Å²) in [6.07, 6.45) is 3.51. The van der Waals surface area contributed by atoms with E-state index in [1.54, 1.807) is 37.1 Å². The van der Waals surface area contributed by atoms with Gasteiger partial charge in [-0.1, -0.05) is 13.8 Å². The van der Waals surface area contributed by atoms with Crippen molar-refractivity contribution in [1.29, 1.82) is 0 Å². The fraction of sp³-hybridized carbons (Fsp3) is 0.318. The Labute approximate surface area is 169 Å². The number of methoxy groups -OCH3 is 1. The number of anilines is 1. The van der Waals surface area contributed by atoms with Crippen molar-refractivity contribution in [3.63, 3.8) is 0 Å². The second kappa shape index (κ2) is 8.19. The summed E-state index contributed by atoms with van der Waals surface area (Å²) in [5, 5.41) is 14.5. The second-order valence-corrected chi connectivity index (χ2v) is 7.31. The Bertz CT molecular complexity index is 1040. The lowest BCUT2D eigenvalue weighted by Crippen LogP contribution is -2.10. The van der Waals surface area contributed by atoms with Gasteiger partial charge in [0.05, 0.1) is 17.6 Å². The summed E-state index contributed by atoms with van der Waals surface area (Å²) >= 11 is 1.57. The number of furan rings is 1. The SMILES string of the molecule is CCc1cc2oc(-c3ccc(OC)cc3O)c(SC)c2c(CC)c1NC(C)=O. The zero-order valence-electron chi connectivity index (χ0n) is 16.8. The van der Waals surface area contributed by atoms with E-state index in [1.807, 2.05) is 12.3 Å². The molecule has 1 aromatic heterocycles. The summed E-state index contributed by atoms with van der Waals surface area (Å²) in [4.78, 5) is 12.7. The van der Waals surface area contributed by atoms with Gasteiger partial charge in [0, 0.05) is 24.1 Å². The fourth-order valence-corrected chi connectivity index (χ4v) is 4.30. The molecule has 2 aromatic carbocycles. The highest BCUT2D eigenvalue weighted by atomic mass is 32.2. The average molecular weight is 400 g/mol. The van der Waals surface area contributed by atoms with Crippen LogP contribution in [-0.4, -0.2) is 24.4 Å². The number of carbonyl (C=O) groups excluding carboxylic acids is 1. The Morgan fingerprint density at radius 1 is 1.25 bits per heavy atom. The molecule has 28 heavy (non-hydrogen) atoms. The first-order chi connectivity index (χ1) is 13.4. The number of thioether (sulfide) groups is 1. The van der Waals surface area contributed by atoms with Crippen LogP contribution in [0.3, 0.4) is 0 Å². The Hall–Kier alpha value is -2.60. The van der Waals surface area contributed by atoms with Crippen LogP contribution in [0, 0.1) is 0 Å². The minimum absolute atomic E-state index is 0.0917. The molecule has 0 radical (unpaired) electrons. The van der Waals surface area contributed by atoms with Gasteiger partial charge in [-0.25, -0.2) is 0 Å². The van der Waals surface area contributed by atoms with Gasteiger partial charge in [-0.2, -0.15) is 0 Å². The van der Waals surface area contributed by atoms with Crippen LogP contribution in [0.1, 0.15) is 31.9 Å². The van der Waals surface area contributed by atoms with Crippen molar-refractivity contribution in [1.82, 2.24) is 0 Å². The summed E-state index contributed by atoms with van der Waals surface area (Å²) in [6.45, 7) is 5.65. The topological polar surface area (TPSA) is 71.7 Å². The van der Waals surface area contributed by atoms with E-state index in [9.17, 15) is 9.90 Å². The van der Waals surface area contributed by atoms with Crippen LogP contribution in [-0.2, 0) is 17.6 Å². The zero-order chi connectivity index (χ0) is 20.4. The van der Waals surface area contributed by atoms with E-state index in [0.717, 1.165) is 45.5 Å². The molecule has 0 unspecified atom stereocenters. The Kier molecular flexibility index (Phi) is 5.89. The average Bonchev–Trinajstić information content (AvgIpc) is 3.04. The number of nitrogens with one attached hydrogen (secondary N) is 1. The van der Waals surface area contributed by atoms with E-state index < -0.39 is 0 Å². The first-order valence-corrected chi connectivity index (χ1v) is 10.5. The van der Waals surface area contributed by atoms with Crippen LogP contribution in [0.2, 0.25) is 0 Å². The quantitative estimate of drug-likeness (QED) is 0.527. The molecular weight excluding hydrogens is 374 g/mol. The second-order valence-electron chi connectivity index (χ2n) is 6.50. The molecule has 3 aromatic rings. The number of amides is 1. The molecule has 6 heteroatoms. The van der Waals surface area contributed by atoms with Gasteiger partial charge >= 0.3 is 0 Å². The van der Waals surface area contributed by atoms with Gasteiger partial charge in [0.1, 0.15) is 17.1 Å². The molecule has 0 atom stereocenters. The third-order valence-corrected chi connectivity index (χ3v) is 5.61. The Balaban J connectivity index is 2.34. The monoisotopic (exact) mass is 399 g/mol. The van der Waals surface area contributed by atoms with Crippen LogP contribution in [0.15, 0.2) is 33.6 Å². The zero-order valence-corrected chi connectivity index (χ0v) is 17.6. The van der Waals surface area contributed by atoms with Crippen LogP contribution in [0.5, 0.6) is 11.5 Å². The summed E-state index contributed by atoms with van der Waals surface area (Å²) < 4.78 is 11.4. The maximum atomic E-state index is 11.8. The molecule has 1 heterocycles. The van der Waals surface area contributed by atoms with Gasteiger partial charge in [-0.15, -0.1) is 11.8 Å². The summed E-state index contributed by atoms with van der Waals surface area (Å²) in [6, 6.07) is 7.16. The van der Waals surface area contributed by atoms with Gasteiger partial charge in [0.25, 0.3) is 0 Å². The molecule has 0 spiro atoms. The van der Waals surface area contributed by atoms with Crippen molar-refractivity contribution in [3.05, 3.63) is 35.4 Å². The van der Waals surface area contributed by atoms with E-state index in [2.05, 4.69) is 19.2 Å². The minimum atomic E-state index is -0.0917. The lowest BCUT2D eigenvalue weighted by molar-refractivity contribution is -0.114. The van der Waals surface area contributed by atoms with Gasteiger partial charge < -0.3 is 19.6 Å². The summed E-state index contributed by atoms with van der Waals surface area (Å²) in [7, 11) is 1.56. The lowest BCUT2D eigenvalue weighted by Gasteiger charge is -2.15. The predicted octanol–water partition coefficient (Wildman–Crippen LogP) is 5.62. The fourth-order valence-electron chi connectivity index (χ4n) is 3.54. The van der Waals surface area contributed by atoms with Crippen LogP contribution in [0.25, 0.3) is 22.3 Å². The highest BCUT2D eigenvalue weighted by Crippen LogP contribution is 2.46. The lowest BCUT2D eigenvalue weighted by atomic mass is 9.98. The number of benzene rings is 2. The molecule has 0 saturated carbocycles. The van der Waals surface area contributed by atoms with E-state index in [4.69, 9.17) is 9.15 Å². The number of aromatic hydroxyl groups is 1. The smallest absolute Gasteiger partial charge is 0.221 e. The van der Waals surface area contributed by atoms with Crippen LogP contribution in [0.4, 0.5) is 5.69 Å². The molecule has 0 aliphatic heterocycles. The summed E-state index contributed by atoms with van der Waals surface area (Å²) in [5.41, 5.74) is 4.33. The predicted molar refractivity (Wildman–Crippen MR) is 115 cm³/mol. The number of phenolic OH excluding ortho intramolecular Hbond substituents is 1. The molecular formula is C22H25NO4S. The molecule has 1 amide bonds. The molecule has 0 aliphatic rings. The largest absolute Gasteiger partial charge is 0.507 e. The maximum absolute atomic E-state index is 11.8. The number of hydrogen-bond acceptors (Lipinski definition) is 5. The van der Waals surface area contributed by atoms with E-state index in [1.165, 1.54) is 6.92 Å². The van der Waals surface area contributed by atoms with Crippen molar-refractivity contribution >= 4 is 34.3 Å². The molecule has 5 nitrogen and oxygen atoms in total. The molecule has 0 bridgehead atoms. The third kappa shape index (κ3) is 3.44. The van der Waals surface area contributed by atoms with Crippen molar-refractivity contribution < 1.29 is 19.1 Å². The van der Waals surface area contributed by atoms with Crippen molar-refractivity contribution in [3.8, 4) is 22.8 Å². The van der Waals surface area contributed by atoms with Crippen molar-refractivity contribution in [2.45, 2.75) is 38.5 Å². The van der Waals surface area contributed by atoms with E-state index in [-0.39, 0.29) is 11.7 Å². The van der Waals surface area contributed by atoms with Crippen LogP contribution < -0.4 is 10.1 Å². The van der Waals surface area contributed by atoms with Crippen LogP contribution >= 0.6 is 11.8 Å². The minimum Gasteiger partial charge on any atom is -0.507 e. The van der Waals surface area contributed by atoms with E-state index >= 15 is 0 Å². The Morgan fingerprint density at radius 3 is 2.54 bits per heavy atom. The first-order valence-electron chi connectivity index (χ1n) is 9.25. The van der Waals surface area contributed by atoms with Gasteiger partial charge in [0.15, 0.2) is 5.76 Å². The van der Waals surface area contributed by atoms with Crippen molar-refractivity contribution in [2.75, 3.05) is 18.7 Å². The standard InChI is InChI=1S/C22H25NO4S/c1-6-13-10-18-19(15(7-2)20(13)23-12(3)24)22(28-5)21(27-18)16-9-8-14(26-4)11-17(16)25/h8-11,25H,6-7H2,1-5H3,(H,23,24). The van der Waals surface area contributed by atoms with Gasteiger partial charge in [0.2, 0.25) is 5.91 Å². The normalized spacial score (nSPS) is 11.0. The first kappa shape index (κ1) is 20.1. The number of phenols is 1. The molecule has 148 valence electrons. The number of rotatable bonds is 6. The number of carbonyl (C=O) groups is 1. The maximum Gasteiger partial charge on any atom is 0.221 e. The molecule has 3 rings (SSSR count). The number of aryl methyl sites for hydroxylation is 2. The molecule has 0 fully saturated rings. The third-order valence-electron chi connectivity index (χ3n) is 4.81. The molecule has 0 saturated heterocycles. The molecule has 2 N–H and O–H groups in total. The highest BCUT2D eigenvalue weighted by molar-refractivity contribution is 7.99. The van der Waals surface area contributed by atoms with Crippen molar-refractivity contribution in [2.24, 2.45) is 0 Å². The van der Waals surface area contributed by atoms with Gasteiger partial charge in [-0.3, -0.25) is 4.79 Å². The van der Waals surface area contributed by atoms with Gasteiger partial charge in [-0.05, 0) is 48.4 Å². The highest BCUT2D eigenvalue weighted by Gasteiger charge is 2.23. The Morgan fingerprint density at radius 2 is 2.00 bits per heavy atom. The number of hydrogen-bond donors (Lipinski definition) is 2. The summed E-state index contributed by atoms with van der Waals surface area (Å²) in [5.74, 6) is 1.22. The van der Waals surface area contributed by atoms with E-state index in [0.29, 0.717) is 17.1 Å². The number of fused-ring (bicyclic) bond motifs is 1.